The van der Waals surface area contributed by atoms with Crippen LogP contribution in [0.15, 0.2) is 24.4 Å². The number of aromatic hydroxyl groups is 1. The first-order chi connectivity index (χ1) is 8.58. The molecule has 6 heteroatoms. The van der Waals surface area contributed by atoms with Crippen molar-refractivity contribution < 1.29 is 13.9 Å². The molecule has 0 fully saturated rings. The maximum absolute atomic E-state index is 13.1. The van der Waals surface area contributed by atoms with Gasteiger partial charge in [-0.05, 0) is 23.8 Å². The van der Waals surface area contributed by atoms with Gasteiger partial charge in [-0.2, -0.15) is 5.10 Å². The number of rotatable bonds is 4. The van der Waals surface area contributed by atoms with Crippen LogP contribution in [0.3, 0.4) is 0 Å². The number of nitrogens with zero attached hydrogens (tertiary/aromatic N) is 2. The average molecular weight is 253 g/mol. The molecule has 0 amide bonds. The van der Waals surface area contributed by atoms with Crippen LogP contribution in [0.1, 0.15) is 11.3 Å². The minimum atomic E-state index is -0.952. The molecule has 1 heterocycles. The van der Waals surface area contributed by atoms with Gasteiger partial charge < -0.3 is 10.4 Å². The molecular weight excluding hydrogens is 240 g/mol. The van der Waals surface area contributed by atoms with Crippen LogP contribution >= 0.6 is 0 Å². The van der Waals surface area contributed by atoms with Gasteiger partial charge in [-0.3, -0.25) is 4.68 Å². The zero-order valence-electron chi connectivity index (χ0n) is 9.82. The maximum Gasteiger partial charge on any atom is 0.187 e. The Morgan fingerprint density at radius 1 is 1.28 bits per heavy atom. The predicted molar refractivity (Wildman–Crippen MR) is 61.8 cm³/mol. The Morgan fingerprint density at radius 3 is 2.50 bits per heavy atom. The van der Waals surface area contributed by atoms with Gasteiger partial charge in [0.1, 0.15) is 0 Å². The van der Waals surface area contributed by atoms with E-state index in [2.05, 4.69) is 10.4 Å². The molecule has 1 aromatic carbocycles. The standard InChI is InChI=1S/C12H13F2N3O/c1-17-9(2-3-16-17)7-15-6-8-4-10(13)12(18)11(14)5-8/h2-5,15,18H,6-7H2,1H3. The van der Waals surface area contributed by atoms with Gasteiger partial charge in [0.05, 0.1) is 5.69 Å². The Kier molecular flexibility index (Phi) is 3.57. The molecule has 0 aliphatic carbocycles. The molecule has 0 radical (unpaired) electrons. The van der Waals surface area contributed by atoms with Gasteiger partial charge in [-0.15, -0.1) is 0 Å². The lowest BCUT2D eigenvalue weighted by molar-refractivity contribution is 0.395. The second kappa shape index (κ2) is 5.14. The number of aromatic nitrogens is 2. The summed E-state index contributed by atoms with van der Waals surface area (Å²) in [4.78, 5) is 0. The summed E-state index contributed by atoms with van der Waals surface area (Å²) < 4.78 is 27.9. The first-order valence-electron chi connectivity index (χ1n) is 5.42. The van der Waals surface area contributed by atoms with E-state index in [0.717, 1.165) is 17.8 Å². The Hall–Kier alpha value is -1.95. The Morgan fingerprint density at radius 2 is 1.94 bits per heavy atom. The third-order valence-electron chi connectivity index (χ3n) is 2.63. The molecule has 0 aliphatic rings. The van der Waals surface area contributed by atoms with E-state index in [4.69, 9.17) is 5.11 Å². The Balaban J connectivity index is 1.97. The maximum atomic E-state index is 13.1. The number of hydrogen-bond donors (Lipinski definition) is 2. The van der Waals surface area contributed by atoms with Crippen molar-refractivity contribution in [3.05, 3.63) is 47.3 Å². The fourth-order valence-corrected chi connectivity index (χ4v) is 1.63. The number of phenols is 1. The van der Waals surface area contributed by atoms with Crippen LogP contribution in [0.5, 0.6) is 5.75 Å². The highest BCUT2D eigenvalue weighted by Crippen LogP contribution is 2.21. The summed E-state index contributed by atoms with van der Waals surface area (Å²) in [6, 6.07) is 4.06. The molecule has 96 valence electrons. The highest BCUT2D eigenvalue weighted by atomic mass is 19.1. The highest BCUT2D eigenvalue weighted by molar-refractivity contribution is 5.29. The Bertz CT molecular complexity index is 531. The lowest BCUT2D eigenvalue weighted by Gasteiger charge is -2.06. The Labute approximate surface area is 103 Å². The zero-order valence-corrected chi connectivity index (χ0v) is 9.82. The normalized spacial score (nSPS) is 10.8. The minimum Gasteiger partial charge on any atom is -0.503 e. The highest BCUT2D eigenvalue weighted by Gasteiger charge is 2.09. The molecule has 2 N–H and O–H groups in total. The SMILES string of the molecule is Cn1nccc1CNCc1cc(F)c(O)c(F)c1. The smallest absolute Gasteiger partial charge is 0.187 e. The number of phenolic OH excluding ortho intramolecular Hbond substituents is 1. The quantitative estimate of drug-likeness (QED) is 0.871. The third-order valence-corrected chi connectivity index (χ3v) is 2.63. The summed E-state index contributed by atoms with van der Waals surface area (Å²) in [5.41, 5.74) is 1.40. The van der Waals surface area contributed by atoms with E-state index in [1.54, 1.807) is 10.9 Å². The summed E-state index contributed by atoms with van der Waals surface area (Å²) in [6.45, 7) is 0.847. The summed E-state index contributed by atoms with van der Waals surface area (Å²) >= 11 is 0. The average Bonchev–Trinajstić information content (AvgIpc) is 2.72. The summed E-state index contributed by atoms with van der Waals surface area (Å²) in [7, 11) is 1.82. The van der Waals surface area contributed by atoms with Gasteiger partial charge in [0.2, 0.25) is 0 Å². The summed E-state index contributed by atoms with van der Waals surface area (Å²) in [6.07, 6.45) is 1.68. The largest absolute Gasteiger partial charge is 0.503 e. The molecule has 2 rings (SSSR count). The first-order valence-corrected chi connectivity index (χ1v) is 5.42. The molecule has 0 aliphatic heterocycles. The molecule has 0 bridgehead atoms. The van der Waals surface area contributed by atoms with E-state index >= 15 is 0 Å². The molecule has 1 aromatic heterocycles. The van der Waals surface area contributed by atoms with Crippen molar-refractivity contribution in [1.82, 2.24) is 15.1 Å². The van der Waals surface area contributed by atoms with Gasteiger partial charge in [0, 0.05) is 26.3 Å². The molecule has 0 saturated carbocycles. The monoisotopic (exact) mass is 253 g/mol. The lowest BCUT2D eigenvalue weighted by atomic mass is 10.2. The van der Waals surface area contributed by atoms with Crippen molar-refractivity contribution in [2.24, 2.45) is 7.05 Å². The van der Waals surface area contributed by atoms with E-state index in [1.807, 2.05) is 13.1 Å². The number of benzene rings is 1. The number of hydrogen-bond acceptors (Lipinski definition) is 3. The summed E-state index contributed by atoms with van der Waals surface area (Å²) in [5, 5.41) is 16.0. The van der Waals surface area contributed by atoms with Gasteiger partial charge in [0.25, 0.3) is 0 Å². The van der Waals surface area contributed by atoms with Crippen molar-refractivity contribution in [2.45, 2.75) is 13.1 Å². The minimum absolute atomic E-state index is 0.305. The first kappa shape index (κ1) is 12.5. The van der Waals surface area contributed by atoms with Crippen molar-refractivity contribution >= 4 is 0 Å². The van der Waals surface area contributed by atoms with Crippen LogP contribution in [0, 0.1) is 11.6 Å². The van der Waals surface area contributed by atoms with E-state index in [9.17, 15) is 8.78 Å². The second-order valence-electron chi connectivity index (χ2n) is 3.96. The van der Waals surface area contributed by atoms with E-state index in [-0.39, 0.29) is 0 Å². The van der Waals surface area contributed by atoms with Crippen LogP contribution in [-0.2, 0) is 20.1 Å². The van der Waals surface area contributed by atoms with Gasteiger partial charge in [0.15, 0.2) is 17.4 Å². The van der Waals surface area contributed by atoms with E-state index in [1.165, 1.54) is 0 Å². The summed E-state index contributed by atoms with van der Waals surface area (Å²) in [5.74, 6) is -2.84. The molecular formula is C12H13F2N3O. The number of aryl methyl sites for hydroxylation is 1. The molecule has 2 aromatic rings. The van der Waals surface area contributed by atoms with Crippen LogP contribution in [0.4, 0.5) is 8.78 Å². The molecule has 4 nitrogen and oxygen atoms in total. The van der Waals surface area contributed by atoms with E-state index < -0.39 is 17.4 Å². The lowest BCUT2D eigenvalue weighted by Crippen LogP contribution is -2.15. The molecule has 0 spiro atoms. The number of nitrogens with one attached hydrogen (secondary N) is 1. The molecule has 0 atom stereocenters. The topological polar surface area (TPSA) is 50.1 Å². The molecule has 18 heavy (non-hydrogen) atoms. The van der Waals surface area contributed by atoms with Crippen LogP contribution in [0.2, 0.25) is 0 Å². The molecule has 0 saturated heterocycles. The van der Waals surface area contributed by atoms with Crippen molar-refractivity contribution in [3.8, 4) is 5.75 Å². The van der Waals surface area contributed by atoms with Crippen LogP contribution < -0.4 is 5.32 Å². The van der Waals surface area contributed by atoms with E-state index in [0.29, 0.717) is 18.7 Å². The second-order valence-corrected chi connectivity index (χ2v) is 3.96. The third kappa shape index (κ3) is 2.65. The zero-order chi connectivity index (χ0) is 13.1. The van der Waals surface area contributed by atoms with Gasteiger partial charge >= 0.3 is 0 Å². The van der Waals surface area contributed by atoms with Crippen molar-refractivity contribution in [3.63, 3.8) is 0 Å². The van der Waals surface area contributed by atoms with Crippen molar-refractivity contribution in [1.29, 1.82) is 0 Å². The fourth-order valence-electron chi connectivity index (χ4n) is 1.63. The van der Waals surface area contributed by atoms with Gasteiger partial charge in [-0.25, -0.2) is 8.78 Å². The van der Waals surface area contributed by atoms with Gasteiger partial charge in [-0.1, -0.05) is 0 Å². The molecule has 0 unspecified atom stereocenters. The fraction of sp³-hybridized carbons (Fsp3) is 0.250. The number of halogens is 2. The van der Waals surface area contributed by atoms with Crippen LogP contribution in [0.25, 0.3) is 0 Å². The van der Waals surface area contributed by atoms with Crippen molar-refractivity contribution in [2.75, 3.05) is 0 Å². The van der Waals surface area contributed by atoms with Crippen LogP contribution in [-0.4, -0.2) is 14.9 Å². The predicted octanol–water partition coefficient (Wildman–Crippen LogP) is 1.69.